The molecule has 0 radical (unpaired) electrons. The summed E-state index contributed by atoms with van der Waals surface area (Å²) in [5, 5.41) is 0.439. The SMILES string of the molecule is Cc1ccc(Cl)c(OC(C)C(=O)N(c2ccc(S(C)(=O)=O)cc2)C(C)C)c1. The highest BCUT2D eigenvalue weighted by molar-refractivity contribution is 7.90. The molecule has 1 amide bonds. The van der Waals surface area contributed by atoms with Gasteiger partial charge in [0.1, 0.15) is 5.75 Å². The van der Waals surface area contributed by atoms with Crippen LogP contribution in [0.1, 0.15) is 26.3 Å². The van der Waals surface area contributed by atoms with Gasteiger partial charge in [-0.25, -0.2) is 8.42 Å². The van der Waals surface area contributed by atoms with E-state index in [1.54, 1.807) is 36.1 Å². The lowest BCUT2D eigenvalue weighted by atomic mass is 10.2. The number of aryl methyl sites for hydroxylation is 1. The van der Waals surface area contributed by atoms with Crippen LogP contribution >= 0.6 is 11.6 Å². The third-order valence-electron chi connectivity index (χ3n) is 4.04. The van der Waals surface area contributed by atoms with E-state index >= 15 is 0 Å². The highest BCUT2D eigenvalue weighted by atomic mass is 35.5. The Balaban J connectivity index is 2.27. The van der Waals surface area contributed by atoms with Crippen molar-refractivity contribution in [3.8, 4) is 5.75 Å². The molecular weight excluding hydrogens is 386 g/mol. The third kappa shape index (κ3) is 5.23. The maximum atomic E-state index is 13.0. The van der Waals surface area contributed by atoms with E-state index in [4.69, 9.17) is 16.3 Å². The zero-order chi connectivity index (χ0) is 20.4. The van der Waals surface area contributed by atoms with Gasteiger partial charge in [0.25, 0.3) is 5.91 Å². The minimum Gasteiger partial charge on any atom is -0.479 e. The monoisotopic (exact) mass is 409 g/mol. The number of hydrogen-bond acceptors (Lipinski definition) is 4. The van der Waals surface area contributed by atoms with Gasteiger partial charge < -0.3 is 9.64 Å². The van der Waals surface area contributed by atoms with Gasteiger partial charge in [0, 0.05) is 18.0 Å². The number of ether oxygens (including phenoxy) is 1. The molecule has 0 N–H and O–H groups in total. The molecule has 0 fully saturated rings. The van der Waals surface area contributed by atoms with E-state index in [2.05, 4.69) is 0 Å². The number of halogens is 1. The maximum absolute atomic E-state index is 13.0. The lowest BCUT2D eigenvalue weighted by Gasteiger charge is -2.30. The van der Waals surface area contributed by atoms with Gasteiger partial charge in [-0.2, -0.15) is 0 Å². The Hall–Kier alpha value is -2.05. The predicted molar refractivity (Wildman–Crippen MR) is 108 cm³/mol. The number of nitrogens with zero attached hydrogens (tertiary/aromatic N) is 1. The molecule has 2 aromatic carbocycles. The Morgan fingerprint density at radius 3 is 2.19 bits per heavy atom. The molecule has 0 aliphatic heterocycles. The first-order valence-electron chi connectivity index (χ1n) is 8.56. The van der Waals surface area contributed by atoms with Crippen LogP contribution < -0.4 is 9.64 Å². The molecule has 0 aromatic heterocycles. The second-order valence-electron chi connectivity index (χ2n) is 6.76. The minimum absolute atomic E-state index is 0.138. The molecule has 2 rings (SSSR count). The van der Waals surface area contributed by atoms with Crippen LogP contribution in [0.5, 0.6) is 5.75 Å². The van der Waals surface area contributed by atoms with E-state index in [1.165, 1.54) is 12.1 Å². The van der Waals surface area contributed by atoms with Gasteiger partial charge in [0.2, 0.25) is 0 Å². The smallest absolute Gasteiger partial charge is 0.267 e. The Labute approximate surface area is 165 Å². The van der Waals surface area contributed by atoms with Gasteiger partial charge in [-0.05, 0) is 69.7 Å². The molecule has 0 saturated carbocycles. The number of sulfone groups is 1. The normalized spacial score (nSPS) is 12.7. The van der Waals surface area contributed by atoms with Crippen LogP contribution in [0.25, 0.3) is 0 Å². The Morgan fingerprint density at radius 2 is 1.67 bits per heavy atom. The van der Waals surface area contributed by atoms with Crippen LogP contribution in [0, 0.1) is 6.92 Å². The summed E-state index contributed by atoms with van der Waals surface area (Å²) >= 11 is 6.16. The Bertz CT molecular complexity index is 923. The first-order chi connectivity index (χ1) is 12.5. The molecule has 2 aromatic rings. The zero-order valence-electron chi connectivity index (χ0n) is 16.1. The second kappa shape index (κ2) is 8.31. The summed E-state index contributed by atoms with van der Waals surface area (Å²) in [6.07, 6.45) is 0.385. The van der Waals surface area contributed by atoms with Crippen LogP contribution in [0.2, 0.25) is 5.02 Å². The average Bonchev–Trinajstić information content (AvgIpc) is 2.57. The number of hydrogen-bond donors (Lipinski definition) is 0. The summed E-state index contributed by atoms with van der Waals surface area (Å²) in [5.41, 5.74) is 1.58. The van der Waals surface area contributed by atoms with E-state index in [0.717, 1.165) is 11.8 Å². The van der Waals surface area contributed by atoms with Crippen molar-refractivity contribution in [1.82, 2.24) is 0 Å². The van der Waals surface area contributed by atoms with E-state index in [0.29, 0.717) is 16.5 Å². The summed E-state index contributed by atoms with van der Waals surface area (Å²) in [7, 11) is -3.29. The van der Waals surface area contributed by atoms with Crippen molar-refractivity contribution in [3.63, 3.8) is 0 Å². The minimum atomic E-state index is -3.29. The summed E-state index contributed by atoms with van der Waals surface area (Å²) in [6, 6.07) is 11.5. The van der Waals surface area contributed by atoms with Crippen LogP contribution in [0.15, 0.2) is 47.4 Å². The molecule has 0 heterocycles. The lowest BCUT2D eigenvalue weighted by molar-refractivity contribution is -0.125. The van der Waals surface area contributed by atoms with Crippen LogP contribution in [-0.4, -0.2) is 32.7 Å². The van der Waals surface area contributed by atoms with Crippen molar-refractivity contribution in [2.45, 2.75) is 44.7 Å². The Morgan fingerprint density at radius 1 is 1.07 bits per heavy atom. The van der Waals surface area contributed by atoms with Crippen molar-refractivity contribution in [3.05, 3.63) is 53.1 Å². The highest BCUT2D eigenvalue weighted by Gasteiger charge is 2.26. The van der Waals surface area contributed by atoms with E-state index < -0.39 is 15.9 Å². The molecule has 27 heavy (non-hydrogen) atoms. The van der Waals surface area contributed by atoms with Gasteiger partial charge in [-0.15, -0.1) is 0 Å². The fourth-order valence-corrected chi connectivity index (χ4v) is 3.46. The van der Waals surface area contributed by atoms with Crippen molar-refractivity contribution in [2.24, 2.45) is 0 Å². The zero-order valence-corrected chi connectivity index (χ0v) is 17.6. The van der Waals surface area contributed by atoms with Crippen LogP contribution in [0.4, 0.5) is 5.69 Å². The molecule has 0 saturated heterocycles. The topological polar surface area (TPSA) is 63.7 Å². The molecule has 5 nitrogen and oxygen atoms in total. The summed E-state index contributed by atoms with van der Waals surface area (Å²) in [6.45, 7) is 7.35. The molecule has 1 unspecified atom stereocenters. The van der Waals surface area contributed by atoms with Crippen molar-refractivity contribution in [2.75, 3.05) is 11.2 Å². The molecule has 0 bridgehead atoms. The van der Waals surface area contributed by atoms with Crippen molar-refractivity contribution < 1.29 is 17.9 Å². The quantitative estimate of drug-likeness (QED) is 0.715. The van der Waals surface area contributed by atoms with Crippen molar-refractivity contribution >= 4 is 33.0 Å². The van der Waals surface area contributed by atoms with Crippen molar-refractivity contribution in [1.29, 1.82) is 0 Å². The summed E-state index contributed by atoms with van der Waals surface area (Å²) < 4.78 is 29.1. The highest BCUT2D eigenvalue weighted by Crippen LogP contribution is 2.27. The second-order valence-corrected chi connectivity index (χ2v) is 9.18. The largest absolute Gasteiger partial charge is 0.479 e. The maximum Gasteiger partial charge on any atom is 0.267 e. The number of benzene rings is 2. The van der Waals surface area contributed by atoms with E-state index in [-0.39, 0.29) is 16.8 Å². The first-order valence-corrected chi connectivity index (χ1v) is 10.8. The third-order valence-corrected chi connectivity index (χ3v) is 5.48. The predicted octanol–water partition coefficient (Wildman–Crippen LogP) is 4.26. The summed E-state index contributed by atoms with van der Waals surface area (Å²) in [5.74, 6) is 0.211. The molecular formula is C20H24ClNO4S. The van der Waals surface area contributed by atoms with Crippen LogP contribution in [0.3, 0.4) is 0 Å². The van der Waals surface area contributed by atoms with Gasteiger partial charge in [-0.1, -0.05) is 17.7 Å². The van der Waals surface area contributed by atoms with Gasteiger partial charge in [0.05, 0.1) is 9.92 Å². The Kier molecular flexibility index (Phi) is 6.54. The van der Waals surface area contributed by atoms with Gasteiger partial charge in [0.15, 0.2) is 15.9 Å². The molecule has 146 valence electrons. The standard InChI is InChI=1S/C20H24ClNO4S/c1-13(2)22(16-7-9-17(10-8-16)27(5,24)25)20(23)15(4)26-19-12-14(3)6-11-18(19)21/h6-13,15H,1-5H3. The fourth-order valence-electron chi connectivity index (χ4n) is 2.67. The summed E-state index contributed by atoms with van der Waals surface area (Å²) in [4.78, 5) is 14.8. The molecule has 0 aliphatic rings. The number of rotatable bonds is 6. The van der Waals surface area contributed by atoms with E-state index in [9.17, 15) is 13.2 Å². The lowest BCUT2D eigenvalue weighted by Crippen LogP contribution is -2.44. The molecule has 0 spiro atoms. The molecule has 1 atom stereocenters. The number of carbonyl (C=O) groups is 1. The van der Waals surface area contributed by atoms with E-state index in [1.807, 2.05) is 26.8 Å². The molecule has 7 heteroatoms. The average molecular weight is 410 g/mol. The number of anilines is 1. The van der Waals surface area contributed by atoms with Crippen LogP contribution in [-0.2, 0) is 14.6 Å². The first kappa shape index (κ1) is 21.3. The number of amides is 1. The molecule has 0 aliphatic carbocycles. The van der Waals surface area contributed by atoms with Gasteiger partial charge >= 0.3 is 0 Å². The van der Waals surface area contributed by atoms with Gasteiger partial charge in [-0.3, -0.25) is 4.79 Å². The number of carbonyl (C=O) groups excluding carboxylic acids is 1. The fraction of sp³-hybridized carbons (Fsp3) is 0.350.